The highest BCUT2D eigenvalue weighted by atomic mass is 127. The van der Waals surface area contributed by atoms with Crippen LogP contribution >= 0.6 is 22.9 Å². The minimum absolute atomic E-state index is 0.898. The van der Waals surface area contributed by atoms with Crippen LogP contribution in [0.4, 0.5) is 0 Å². The number of nitrogens with zero attached hydrogens (tertiary/aromatic N) is 1. The highest BCUT2D eigenvalue weighted by molar-refractivity contribution is 14.1. The Balaban J connectivity index is 2.74. The average molecular weight is 265 g/mol. The number of hydrogen-bond donors (Lipinski definition) is 2. The average Bonchev–Trinajstić information content (AvgIpc) is 2.04. The molecule has 0 radical (unpaired) electrons. The van der Waals surface area contributed by atoms with Crippen molar-refractivity contribution in [2.45, 2.75) is 6.42 Å². The summed E-state index contributed by atoms with van der Waals surface area (Å²) in [5.41, 5.74) is 2.31. The number of halogens is 1. The molecule has 1 aliphatic rings. The van der Waals surface area contributed by atoms with Gasteiger partial charge in [0.2, 0.25) is 0 Å². The maximum absolute atomic E-state index is 7.17. The molecule has 1 aliphatic heterocycles. The predicted octanol–water partition coefficient (Wildman–Crippen LogP) is 1.17. The lowest BCUT2D eigenvalue weighted by Gasteiger charge is -2.24. The van der Waals surface area contributed by atoms with Gasteiger partial charge in [-0.15, -0.1) is 0 Å². The molecule has 4 heteroatoms. The van der Waals surface area contributed by atoms with Crippen molar-refractivity contribution in [1.82, 2.24) is 8.43 Å². The van der Waals surface area contributed by atoms with Gasteiger partial charge in [-0.25, -0.2) is 0 Å². The van der Waals surface area contributed by atoms with Gasteiger partial charge in [0.25, 0.3) is 0 Å². The van der Waals surface area contributed by atoms with Crippen LogP contribution in [0.25, 0.3) is 0 Å². The van der Waals surface area contributed by atoms with Crippen LogP contribution in [0, 0.1) is 5.41 Å². The molecule has 1 heterocycles. The number of hydrogen-bond acceptors (Lipinski definition) is 3. The summed E-state index contributed by atoms with van der Waals surface area (Å²) >= 11 is 2.12. The Morgan fingerprint density at radius 3 is 3.00 bits per heavy atom. The largest absolute Gasteiger partial charge is 0.332 e. The maximum Gasteiger partial charge on any atom is 0.0557 e. The second-order valence-corrected chi connectivity index (χ2v) is 3.27. The van der Waals surface area contributed by atoms with Crippen molar-refractivity contribution in [2.24, 2.45) is 0 Å². The summed E-state index contributed by atoms with van der Waals surface area (Å²) in [4.78, 5) is 2.22. The molecule has 0 fully saturated rings. The molecule has 0 aromatic carbocycles. The van der Waals surface area contributed by atoms with Gasteiger partial charge < -0.3 is 13.8 Å². The summed E-state index contributed by atoms with van der Waals surface area (Å²) in [5, 5.41) is 7.17. The molecule has 2 N–H and O–H groups in total. The first-order valence-corrected chi connectivity index (χ1v) is 4.63. The quantitative estimate of drug-likeness (QED) is 0.447. The van der Waals surface area contributed by atoms with Crippen molar-refractivity contribution in [3.63, 3.8) is 0 Å². The Bertz CT molecular complexity index is 188. The minimum atomic E-state index is 0.898. The lowest BCUT2D eigenvalue weighted by Crippen LogP contribution is -2.30. The van der Waals surface area contributed by atoms with E-state index in [1.54, 1.807) is 0 Å². The van der Waals surface area contributed by atoms with E-state index < -0.39 is 0 Å². The van der Waals surface area contributed by atoms with Gasteiger partial charge >= 0.3 is 0 Å². The van der Waals surface area contributed by atoms with Gasteiger partial charge in [0.05, 0.1) is 22.9 Å². The molecule has 1 rings (SSSR count). The molecule has 0 spiro atoms. The molecule has 3 nitrogen and oxygen atoms in total. The lowest BCUT2D eigenvalue weighted by molar-refractivity contribution is 0.352. The Hall–Kier alpha value is -0.100. The molecule has 0 aliphatic carbocycles. The van der Waals surface area contributed by atoms with Gasteiger partial charge in [-0.2, -0.15) is 0 Å². The van der Waals surface area contributed by atoms with E-state index in [0.717, 1.165) is 25.1 Å². The van der Waals surface area contributed by atoms with Crippen LogP contribution < -0.4 is 3.53 Å². The second kappa shape index (κ2) is 4.06. The minimum Gasteiger partial charge on any atom is -0.332 e. The molecular formula is C7H12IN3. The van der Waals surface area contributed by atoms with Crippen LogP contribution in [-0.2, 0) is 0 Å². The fourth-order valence-electron chi connectivity index (χ4n) is 1.17. The number of nitrogens with one attached hydrogen (secondary N) is 2. The summed E-state index contributed by atoms with van der Waals surface area (Å²) in [6, 6.07) is 0. The Morgan fingerprint density at radius 2 is 2.45 bits per heavy atom. The Labute approximate surface area is 80.8 Å². The SMILES string of the molecule is CN1CCC(NI)=C(C=N)C1. The molecule has 62 valence electrons. The zero-order valence-electron chi connectivity index (χ0n) is 6.52. The van der Waals surface area contributed by atoms with E-state index in [-0.39, 0.29) is 0 Å². The van der Waals surface area contributed by atoms with E-state index in [2.05, 4.69) is 38.3 Å². The van der Waals surface area contributed by atoms with Crippen LogP contribution in [0.3, 0.4) is 0 Å². The molecule has 0 atom stereocenters. The zero-order chi connectivity index (χ0) is 8.27. The first-order chi connectivity index (χ1) is 5.27. The van der Waals surface area contributed by atoms with Crippen molar-refractivity contribution in [2.75, 3.05) is 20.1 Å². The van der Waals surface area contributed by atoms with Gasteiger partial charge in [-0.05, 0) is 7.05 Å². The van der Waals surface area contributed by atoms with Gasteiger partial charge in [0.1, 0.15) is 0 Å². The van der Waals surface area contributed by atoms with E-state index in [0.29, 0.717) is 0 Å². The molecule has 0 amide bonds. The molecule has 0 saturated carbocycles. The standard InChI is InChI=1S/C7H12IN3/c1-11-3-2-7(10-8)6(4-9)5-11/h4,9-10H,2-3,5H2,1H3. The van der Waals surface area contributed by atoms with Gasteiger partial charge in [-0.3, -0.25) is 0 Å². The van der Waals surface area contributed by atoms with Gasteiger partial charge in [-0.1, -0.05) is 0 Å². The van der Waals surface area contributed by atoms with Gasteiger partial charge in [0.15, 0.2) is 0 Å². The highest BCUT2D eigenvalue weighted by Gasteiger charge is 2.13. The van der Waals surface area contributed by atoms with E-state index in [1.807, 2.05) is 0 Å². The smallest absolute Gasteiger partial charge is 0.0557 e. The van der Waals surface area contributed by atoms with Crippen LogP contribution in [0.15, 0.2) is 11.3 Å². The molecule has 11 heavy (non-hydrogen) atoms. The number of likely N-dealkylation sites (N-methyl/N-ethyl adjacent to an activating group) is 1. The van der Waals surface area contributed by atoms with Crippen molar-refractivity contribution in [3.05, 3.63) is 11.3 Å². The third-order valence-electron chi connectivity index (χ3n) is 1.86. The van der Waals surface area contributed by atoms with E-state index in [4.69, 9.17) is 5.41 Å². The van der Waals surface area contributed by atoms with E-state index in [9.17, 15) is 0 Å². The molecular weight excluding hydrogens is 253 g/mol. The summed E-state index contributed by atoms with van der Waals surface area (Å²) in [5.74, 6) is 0. The third-order valence-corrected chi connectivity index (χ3v) is 2.51. The van der Waals surface area contributed by atoms with Crippen molar-refractivity contribution in [3.8, 4) is 0 Å². The Kier molecular flexibility index (Phi) is 3.32. The first kappa shape index (κ1) is 8.99. The van der Waals surface area contributed by atoms with Crippen LogP contribution in [0.1, 0.15) is 6.42 Å². The van der Waals surface area contributed by atoms with Crippen molar-refractivity contribution in [1.29, 1.82) is 5.41 Å². The molecule has 0 aromatic heterocycles. The third kappa shape index (κ3) is 2.16. The lowest BCUT2D eigenvalue weighted by atomic mass is 10.1. The fourth-order valence-corrected chi connectivity index (χ4v) is 1.79. The summed E-state index contributed by atoms with van der Waals surface area (Å²) < 4.78 is 3.10. The monoisotopic (exact) mass is 265 g/mol. The summed E-state index contributed by atoms with van der Waals surface area (Å²) in [7, 11) is 2.08. The van der Waals surface area contributed by atoms with E-state index in [1.165, 1.54) is 11.9 Å². The van der Waals surface area contributed by atoms with E-state index >= 15 is 0 Å². The van der Waals surface area contributed by atoms with Gasteiger partial charge in [0, 0.05) is 37.0 Å². The fraction of sp³-hybridized carbons (Fsp3) is 0.571. The number of rotatable bonds is 2. The summed E-state index contributed by atoms with van der Waals surface area (Å²) in [6.07, 6.45) is 2.47. The molecule has 0 saturated heterocycles. The first-order valence-electron chi connectivity index (χ1n) is 3.55. The second-order valence-electron chi connectivity index (χ2n) is 2.73. The Morgan fingerprint density at radius 1 is 1.73 bits per heavy atom. The highest BCUT2D eigenvalue weighted by Crippen LogP contribution is 2.13. The molecule has 0 aromatic rings. The van der Waals surface area contributed by atoms with Crippen molar-refractivity contribution >= 4 is 29.1 Å². The zero-order valence-corrected chi connectivity index (χ0v) is 8.68. The molecule has 0 unspecified atom stereocenters. The maximum atomic E-state index is 7.17. The summed E-state index contributed by atoms with van der Waals surface area (Å²) in [6.45, 7) is 1.98. The topological polar surface area (TPSA) is 39.1 Å². The predicted molar refractivity (Wildman–Crippen MR) is 55.1 cm³/mol. The van der Waals surface area contributed by atoms with Crippen molar-refractivity contribution < 1.29 is 0 Å². The van der Waals surface area contributed by atoms with Crippen LogP contribution in [0.2, 0.25) is 0 Å². The molecule has 0 bridgehead atoms. The normalized spacial score (nSPS) is 20.2. The van der Waals surface area contributed by atoms with Crippen LogP contribution in [-0.4, -0.2) is 31.3 Å². The van der Waals surface area contributed by atoms with Crippen LogP contribution in [0.5, 0.6) is 0 Å².